The summed E-state index contributed by atoms with van der Waals surface area (Å²) in [5, 5.41) is 0. The number of carbonyl (C=O) groups is 1. The van der Waals surface area contributed by atoms with Gasteiger partial charge in [-0.05, 0) is 12.2 Å². The van der Waals surface area contributed by atoms with Crippen LogP contribution in [0.5, 0.6) is 0 Å². The summed E-state index contributed by atoms with van der Waals surface area (Å²) in [5.74, 6) is 0. The first-order valence-electron chi connectivity index (χ1n) is 6.14. The molecule has 0 radical (unpaired) electrons. The molecule has 0 spiro atoms. The minimum atomic E-state index is 0.466. The van der Waals surface area contributed by atoms with Crippen molar-refractivity contribution < 1.29 is 23.7 Å². The predicted molar refractivity (Wildman–Crippen MR) is 73.0 cm³/mol. The maximum absolute atomic E-state index is 9.93. The normalized spacial score (nSPS) is 11.2. The van der Waals surface area contributed by atoms with Crippen molar-refractivity contribution in [3.8, 4) is 0 Å². The highest BCUT2D eigenvalue weighted by Gasteiger charge is 1.90. The minimum absolute atomic E-state index is 0.466. The fourth-order valence-electron chi connectivity index (χ4n) is 0.992. The molecule has 0 aromatic carbocycles. The lowest BCUT2D eigenvalue weighted by molar-refractivity contribution is -0.104. The summed E-state index contributed by atoms with van der Waals surface area (Å²) in [6.45, 7) is 7.24. The Hall–Kier alpha value is -1.43. The summed E-state index contributed by atoms with van der Waals surface area (Å²) >= 11 is 0. The van der Waals surface area contributed by atoms with Gasteiger partial charge in [-0.1, -0.05) is 12.2 Å². The van der Waals surface area contributed by atoms with Gasteiger partial charge >= 0.3 is 0 Å². The molecule has 5 heteroatoms. The molecule has 0 saturated heterocycles. The third kappa shape index (κ3) is 16.6. The van der Waals surface area contributed by atoms with E-state index in [2.05, 4.69) is 6.58 Å². The lowest BCUT2D eigenvalue weighted by Gasteiger charge is -2.05. The second kappa shape index (κ2) is 16.6. The summed E-state index contributed by atoms with van der Waals surface area (Å²) in [5.41, 5.74) is 0. The van der Waals surface area contributed by atoms with Gasteiger partial charge < -0.3 is 18.9 Å². The standard InChI is InChI=1S/C14H22O5/c1-2-7-16-9-11-18-13-14-19-12-10-17-8-5-3-4-6-15/h2-6,8H,1,7,9-14H2/b4-3+,8-5+. The Morgan fingerprint density at radius 1 is 0.789 bits per heavy atom. The molecular formula is C14H22O5. The van der Waals surface area contributed by atoms with Gasteiger partial charge in [0.25, 0.3) is 0 Å². The molecule has 0 aliphatic carbocycles. The number of aldehydes is 1. The number of rotatable bonds is 14. The summed E-state index contributed by atoms with van der Waals surface area (Å²) < 4.78 is 20.8. The molecule has 19 heavy (non-hydrogen) atoms. The highest BCUT2D eigenvalue weighted by Crippen LogP contribution is 1.84. The molecule has 0 saturated carbocycles. The van der Waals surface area contributed by atoms with Crippen molar-refractivity contribution in [2.45, 2.75) is 0 Å². The zero-order valence-corrected chi connectivity index (χ0v) is 11.2. The van der Waals surface area contributed by atoms with Gasteiger partial charge in [-0.25, -0.2) is 0 Å². The van der Waals surface area contributed by atoms with Crippen molar-refractivity contribution in [1.29, 1.82) is 0 Å². The molecule has 0 heterocycles. The predicted octanol–water partition coefficient (Wildman–Crippen LogP) is 1.51. The van der Waals surface area contributed by atoms with Crippen LogP contribution in [0.1, 0.15) is 0 Å². The van der Waals surface area contributed by atoms with Gasteiger partial charge in [0.05, 0.1) is 45.9 Å². The van der Waals surface area contributed by atoms with Gasteiger partial charge in [-0.2, -0.15) is 0 Å². The van der Waals surface area contributed by atoms with E-state index in [1.165, 1.54) is 12.3 Å². The van der Waals surface area contributed by atoms with Crippen LogP contribution in [0.25, 0.3) is 0 Å². The van der Waals surface area contributed by atoms with Crippen LogP contribution < -0.4 is 0 Å². The van der Waals surface area contributed by atoms with Crippen molar-refractivity contribution in [2.24, 2.45) is 0 Å². The highest BCUT2D eigenvalue weighted by molar-refractivity contribution is 5.65. The maximum atomic E-state index is 9.93. The van der Waals surface area contributed by atoms with E-state index >= 15 is 0 Å². The average molecular weight is 270 g/mol. The number of hydrogen-bond donors (Lipinski definition) is 0. The van der Waals surface area contributed by atoms with Crippen molar-refractivity contribution in [3.63, 3.8) is 0 Å². The van der Waals surface area contributed by atoms with Crippen LogP contribution in [0.15, 0.2) is 37.1 Å². The molecular weight excluding hydrogens is 248 g/mol. The first-order chi connectivity index (χ1) is 9.41. The van der Waals surface area contributed by atoms with E-state index in [-0.39, 0.29) is 0 Å². The van der Waals surface area contributed by atoms with Crippen LogP contribution in [-0.2, 0) is 23.7 Å². The van der Waals surface area contributed by atoms with Gasteiger partial charge in [-0.15, -0.1) is 6.58 Å². The van der Waals surface area contributed by atoms with E-state index in [1.54, 1.807) is 18.2 Å². The Bertz CT molecular complexity index is 261. The molecule has 0 aliphatic rings. The van der Waals surface area contributed by atoms with E-state index in [4.69, 9.17) is 18.9 Å². The molecule has 0 amide bonds. The fourth-order valence-corrected chi connectivity index (χ4v) is 0.992. The summed E-state index contributed by atoms with van der Waals surface area (Å²) in [7, 11) is 0. The fraction of sp³-hybridized carbons (Fsp3) is 0.500. The van der Waals surface area contributed by atoms with Crippen LogP contribution in [0, 0.1) is 0 Å². The Labute approximate surface area is 114 Å². The molecule has 0 unspecified atom stereocenters. The molecule has 5 nitrogen and oxygen atoms in total. The van der Waals surface area contributed by atoms with Crippen LogP contribution >= 0.6 is 0 Å². The molecule has 0 N–H and O–H groups in total. The second-order valence-electron chi connectivity index (χ2n) is 3.31. The molecule has 0 atom stereocenters. The molecule has 0 aliphatic heterocycles. The molecule has 0 aromatic heterocycles. The van der Waals surface area contributed by atoms with Gasteiger partial charge in [0, 0.05) is 0 Å². The Morgan fingerprint density at radius 3 is 2.05 bits per heavy atom. The van der Waals surface area contributed by atoms with E-state index in [9.17, 15) is 4.79 Å². The van der Waals surface area contributed by atoms with Crippen molar-refractivity contribution >= 4 is 6.29 Å². The third-order valence-electron chi connectivity index (χ3n) is 1.80. The first-order valence-corrected chi connectivity index (χ1v) is 6.14. The van der Waals surface area contributed by atoms with E-state index < -0.39 is 0 Å². The highest BCUT2D eigenvalue weighted by atomic mass is 16.6. The Morgan fingerprint density at radius 2 is 1.42 bits per heavy atom. The lowest BCUT2D eigenvalue weighted by atomic mass is 10.5. The molecule has 0 fully saturated rings. The topological polar surface area (TPSA) is 54.0 Å². The first kappa shape index (κ1) is 17.6. The van der Waals surface area contributed by atoms with E-state index in [0.29, 0.717) is 52.5 Å². The molecule has 0 rings (SSSR count). The van der Waals surface area contributed by atoms with Crippen molar-refractivity contribution in [1.82, 2.24) is 0 Å². The van der Waals surface area contributed by atoms with Crippen LogP contribution in [0.3, 0.4) is 0 Å². The number of carbonyl (C=O) groups excluding carboxylic acids is 1. The summed E-state index contributed by atoms with van der Waals surface area (Å²) in [6, 6.07) is 0. The van der Waals surface area contributed by atoms with Gasteiger partial charge in [0.1, 0.15) is 12.9 Å². The number of ether oxygens (including phenoxy) is 4. The maximum Gasteiger partial charge on any atom is 0.142 e. The van der Waals surface area contributed by atoms with Gasteiger partial charge in [0.15, 0.2) is 0 Å². The summed E-state index contributed by atoms with van der Waals surface area (Å²) in [6.07, 6.45) is 8.53. The second-order valence-corrected chi connectivity index (χ2v) is 3.31. The van der Waals surface area contributed by atoms with E-state index in [0.717, 1.165) is 0 Å². The third-order valence-corrected chi connectivity index (χ3v) is 1.80. The number of hydrogen-bond acceptors (Lipinski definition) is 5. The molecule has 0 aromatic rings. The Kier molecular flexibility index (Phi) is 15.3. The minimum Gasteiger partial charge on any atom is -0.499 e. The summed E-state index contributed by atoms with van der Waals surface area (Å²) in [4.78, 5) is 9.93. The monoisotopic (exact) mass is 270 g/mol. The van der Waals surface area contributed by atoms with Crippen molar-refractivity contribution in [3.05, 3.63) is 37.1 Å². The largest absolute Gasteiger partial charge is 0.499 e. The van der Waals surface area contributed by atoms with Crippen LogP contribution in [-0.4, -0.2) is 52.5 Å². The van der Waals surface area contributed by atoms with Crippen LogP contribution in [0.4, 0.5) is 0 Å². The smallest absolute Gasteiger partial charge is 0.142 e. The van der Waals surface area contributed by atoms with Gasteiger partial charge in [-0.3, -0.25) is 4.79 Å². The molecule has 0 bridgehead atoms. The van der Waals surface area contributed by atoms with Gasteiger partial charge in [0.2, 0.25) is 0 Å². The number of allylic oxidation sites excluding steroid dienone is 3. The quantitative estimate of drug-likeness (QED) is 0.120. The SMILES string of the molecule is C=CCOCCOCCOCCO/C=C/C=C/C=O. The van der Waals surface area contributed by atoms with Crippen LogP contribution in [0.2, 0.25) is 0 Å². The average Bonchev–Trinajstić information content (AvgIpc) is 2.43. The zero-order chi connectivity index (χ0) is 14.0. The Balaban J connectivity index is 3.06. The lowest BCUT2D eigenvalue weighted by Crippen LogP contribution is -2.11. The van der Waals surface area contributed by atoms with E-state index in [1.807, 2.05) is 0 Å². The van der Waals surface area contributed by atoms with Crippen molar-refractivity contribution in [2.75, 3.05) is 46.2 Å². The molecule has 108 valence electrons. The zero-order valence-electron chi connectivity index (χ0n) is 11.2.